The Morgan fingerprint density at radius 1 is 1.30 bits per heavy atom. The van der Waals surface area contributed by atoms with Crippen molar-refractivity contribution in [1.82, 2.24) is 15.5 Å². The molecule has 3 N–H and O–H groups in total. The first kappa shape index (κ1) is 16.8. The predicted molar refractivity (Wildman–Crippen MR) is 77.7 cm³/mol. The highest BCUT2D eigenvalue weighted by Gasteiger charge is 2.24. The number of urea groups is 1. The fourth-order valence-electron chi connectivity index (χ4n) is 2.51. The molecule has 0 bridgehead atoms. The Morgan fingerprint density at radius 2 is 1.90 bits per heavy atom. The number of aliphatic carboxylic acids is 1. The van der Waals surface area contributed by atoms with Crippen LogP contribution in [-0.4, -0.2) is 53.7 Å². The number of hydrogen-bond acceptors (Lipinski definition) is 3. The summed E-state index contributed by atoms with van der Waals surface area (Å²) >= 11 is 0. The average molecular weight is 285 g/mol. The Hall–Kier alpha value is -1.30. The molecule has 1 aliphatic heterocycles. The first-order valence-corrected chi connectivity index (χ1v) is 7.29. The standard InChI is InChI=1S/C14H27N3O3/c1-11(10-17-6-4-5-7-17)9-15-13(20)16-14(2,3)8-12(18)19/h11H,4-10H2,1-3H3,(H,18,19)(H2,15,16,20). The number of carboxylic acids is 1. The highest BCUT2D eigenvalue weighted by molar-refractivity contribution is 5.76. The second-order valence-corrected chi connectivity index (χ2v) is 6.40. The van der Waals surface area contributed by atoms with Crippen LogP contribution < -0.4 is 10.6 Å². The number of carboxylic acid groups (broad SMARTS) is 1. The number of amides is 2. The molecule has 1 unspecified atom stereocenters. The summed E-state index contributed by atoms with van der Waals surface area (Å²) in [6, 6.07) is -0.301. The molecule has 1 aliphatic rings. The van der Waals surface area contributed by atoms with Gasteiger partial charge < -0.3 is 20.6 Å². The molecule has 0 aliphatic carbocycles. The first-order chi connectivity index (χ1) is 9.28. The molecule has 6 nitrogen and oxygen atoms in total. The molecular weight excluding hydrogens is 258 g/mol. The Bertz CT molecular complexity index is 339. The Kier molecular flexibility index (Phi) is 6.26. The average Bonchev–Trinajstić information content (AvgIpc) is 2.76. The molecule has 0 saturated carbocycles. The van der Waals surface area contributed by atoms with E-state index in [9.17, 15) is 9.59 Å². The van der Waals surface area contributed by atoms with Gasteiger partial charge in [0.15, 0.2) is 0 Å². The molecule has 0 aromatic heterocycles. The van der Waals surface area contributed by atoms with Gasteiger partial charge in [0.25, 0.3) is 0 Å². The van der Waals surface area contributed by atoms with E-state index in [1.165, 1.54) is 12.8 Å². The van der Waals surface area contributed by atoms with Gasteiger partial charge in [-0.1, -0.05) is 6.92 Å². The minimum atomic E-state index is -0.919. The molecule has 0 spiro atoms. The van der Waals surface area contributed by atoms with Gasteiger partial charge in [0, 0.05) is 18.6 Å². The van der Waals surface area contributed by atoms with E-state index in [-0.39, 0.29) is 12.5 Å². The van der Waals surface area contributed by atoms with Crippen molar-refractivity contribution in [2.24, 2.45) is 5.92 Å². The van der Waals surface area contributed by atoms with Crippen LogP contribution in [0.15, 0.2) is 0 Å². The predicted octanol–water partition coefficient (Wildman–Crippen LogP) is 1.27. The van der Waals surface area contributed by atoms with Gasteiger partial charge in [-0.05, 0) is 45.7 Å². The van der Waals surface area contributed by atoms with Gasteiger partial charge in [0.1, 0.15) is 0 Å². The van der Waals surface area contributed by atoms with Crippen molar-refractivity contribution in [3.8, 4) is 0 Å². The largest absolute Gasteiger partial charge is 0.481 e. The van der Waals surface area contributed by atoms with Gasteiger partial charge in [-0.2, -0.15) is 0 Å². The van der Waals surface area contributed by atoms with E-state index >= 15 is 0 Å². The summed E-state index contributed by atoms with van der Waals surface area (Å²) < 4.78 is 0. The molecule has 20 heavy (non-hydrogen) atoms. The van der Waals surface area contributed by atoms with Crippen LogP contribution in [0, 0.1) is 5.92 Å². The van der Waals surface area contributed by atoms with E-state index in [0.29, 0.717) is 12.5 Å². The third-order valence-corrected chi connectivity index (χ3v) is 3.42. The molecule has 1 heterocycles. The van der Waals surface area contributed by atoms with Crippen LogP contribution in [0.1, 0.15) is 40.0 Å². The molecule has 6 heteroatoms. The normalized spacial score (nSPS) is 17.8. The van der Waals surface area contributed by atoms with Crippen molar-refractivity contribution in [2.45, 2.75) is 45.6 Å². The second-order valence-electron chi connectivity index (χ2n) is 6.40. The first-order valence-electron chi connectivity index (χ1n) is 7.29. The van der Waals surface area contributed by atoms with Crippen molar-refractivity contribution in [3.63, 3.8) is 0 Å². The maximum absolute atomic E-state index is 11.8. The van der Waals surface area contributed by atoms with Crippen LogP contribution in [0.25, 0.3) is 0 Å². The van der Waals surface area contributed by atoms with Crippen LogP contribution in [-0.2, 0) is 4.79 Å². The third kappa shape index (κ3) is 6.75. The molecule has 1 saturated heterocycles. The smallest absolute Gasteiger partial charge is 0.315 e. The van der Waals surface area contributed by atoms with E-state index in [4.69, 9.17) is 5.11 Å². The maximum atomic E-state index is 11.8. The van der Waals surface area contributed by atoms with Gasteiger partial charge in [-0.3, -0.25) is 4.79 Å². The fourth-order valence-corrected chi connectivity index (χ4v) is 2.51. The zero-order valence-electron chi connectivity index (χ0n) is 12.7. The van der Waals surface area contributed by atoms with Gasteiger partial charge in [0.05, 0.1) is 6.42 Å². The van der Waals surface area contributed by atoms with E-state index < -0.39 is 11.5 Å². The van der Waals surface area contributed by atoms with Crippen LogP contribution in [0.2, 0.25) is 0 Å². The molecule has 116 valence electrons. The van der Waals surface area contributed by atoms with Gasteiger partial charge in [-0.25, -0.2) is 4.79 Å². The summed E-state index contributed by atoms with van der Waals surface area (Å²) in [6.07, 6.45) is 2.44. The zero-order chi connectivity index (χ0) is 15.2. The van der Waals surface area contributed by atoms with Gasteiger partial charge >= 0.3 is 12.0 Å². The second kappa shape index (κ2) is 7.47. The van der Waals surface area contributed by atoms with E-state index in [2.05, 4.69) is 22.5 Å². The lowest BCUT2D eigenvalue weighted by molar-refractivity contribution is -0.138. The number of carbonyl (C=O) groups excluding carboxylic acids is 1. The number of carbonyl (C=O) groups is 2. The zero-order valence-corrected chi connectivity index (χ0v) is 12.7. The summed E-state index contributed by atoms with van der Waals surface area (Å²) in [7, 11) is 0. The van der Waals surface area contributed by atoms with Gasteiger partial charge in [0.2, 0.25) is 0 Å². The van der Waals surface area contributed by atoms with E-state index in [0.717, 1.165) is 19.6 Å². The van der Waals surface area contributed by atoms with E-state index in [1.807, 2.05) is 0 Å². The maximum Gasteiger partial charge on any atom is 0.315 e. The molecule has 2 amide bonds. The Morgan fingerprint density at radius 3 is 2.45 bits per heavy atom. The summed E-state index contributed by atoms with van der Waals surface area (Å²) in [5, 5.41) is 14.3. The highest BCUT2D eigenvalue weighted by Crippen LogP contribution is 2.10. The van der Waals surface area contributed by atoms with Crippen molar-refractivity contribution >= 4 is 12.0 Å². The quantitative estimate of drug-likeness (QED) is 0.658. The molecule has 0 aromatic rings. The van der Waals surface area contributed by atoms with Crippen LogP contribution >= 0.6 is 0 Å². The molecule has 0 aromatic carbocycles. The monoisotopic (exact) mass is 285 g/mol. The van der Waals surface area contributed by atoms with Gasteiger partial charge in [-0.15, -0.1) is 0 Å². The summed E-state index contributed by atoms with van der Waals surface area (Å²) in [5.74, 6) is -0.529. The van der Waals surface area contributed by atoms with Crippen molar-refractivity contribution in [1.29, 1.82) is 0 Å². The van der Waals surface area contributed by atoms with Crippen LogP contribution in [0.5, 0.6) is 0 Å². The Labute approximate surface area is 120 Å². The Balaban J connectivity index is 2.22. The van der Waals surface area contributed by atoms with Crippen molar-refractivity contribution in [2.75, 3.05) is 26.2 Å². The third-order valence-electron chi connectivity index (χ3n) is 3.42. The van der Waals surface area contributed by atoms with E-state index in [1.54, 1.807) is 13.8 Å². The van der Waals surface area contributed by atoms with Crippen LogP contribution in [0.4, 0.5) is 4.79 Å². The highest BCUT2D eigenvalue weighted by atomic mass is 16.4. The van der Waals surface area contributed by atoms with Crippen molar-refractivity contribution < 1.29 is 14.7 Å². The topological polar surface area (TPSA) is 81.7 Å². The lowest BCUT2D eigenvalue weighted by Crippen LogP contribution is -2.50. The molecular formula is C14H27N3O3. The SMILES string of the molecule is CC(CNC(=O)NC(C)(C)CC(=O)O)CN1CCCC1. The number of rotatable bonds is 7. The minimum absolute atomic E-state index is 0.0935. The number of nitrogens with one attached hydrogen (secondary N) is 2. The summed E-state index contributed by atoms with van der Waals surface area (Å²) in [6.45, 7) is 9.43. The number of nitrogens with zero attached hydrogens (tertiary/aromatic N) is 1. The summed E-state index contributed by atoms with van der Waals surface area (Å²) in [4.78, 5) is 24.8. The minimum Gasteiger partial charge on any atom is -0.481 e. The number of likely N-dealkylation sites (tertiary alicyclic amines) is 1. The van der Waals surface area contributed by atoms with Crippen LogP contribution in [0.3, 0.4) is 0 Å². The summed E-state index contributed by atoms with van der Waals surface area (Å²) in [5.41, 5.74) is -0.742. The molecule has 1 fully saturated rings. The molecule has 1 atom stereocenters. The van der Waals surface area contributed by atoms with Crippen molar-refractivity contribution in [3.05, 3.63) is 0 Å². The fraction of sp³-hybridized carbons (Fsp3) is 0.857. The lowest BCUT2D eigenvalue weighted by Gasteiger charge is -2.25. The number of hydrogen-bond donors (Lipinski definition) is 3. The lowest BCUT2D eigenvalue weighted by atomic mass is 10.0. The molecule has 1 rings (SSSR count). The molecule has 0 radical (unpaired) electrons.